The predicted octanol–water partition coefficient (Wildman–Crippen LogP) is 7.09. The Morgan fingerprint density at radius 3 is 1.53 bits per heavy atom. The van der Waals surface area contributed by atoms with E-state index >= 15 is 0 Å². The Morgan fingerprint density at radius 1 is 0.382 bits per heavy atom. The zero-order valence-corrected chi connectivity index (χ0v) is 18.3. The van der Waals surface area contributed by atoms with Crippen molar-refractivity contribution in [2.24, 2.45) is 0 Å². The van der Waals surface area contributed by atoms with Gasteiger partial charge in [-0.3, -0.25) is 4.98 Å². The number of nitrogens with zero attached hydrogens (tertiary/aromatic N) is 4. The Balaban J connectivity index is 1.48. The molecule has 4 nitrogen and oxygen atoms in total. The number of fused-ring (bicyclic) bond motifs is 1. The highest BCUT2D eigenvalue weighted by molar-refractivity contribution is 5.85. The summed E-state index contributed by atoms with van der Waals surface area (Å²) < 4.78 is 0. The summed E-state index contributed by atoms with van der Waals surface area (Å²) in [6.45, 7) is 0. The van der Waals surface area contributed by atoms with Gasteiger partial charge in [-0.2, -0.15) is 0 Å². The number of hydrogen-bond acceptors (Lipinski definition) is 4. The molecule has 0 spiro atoms. The van der Waals surface area contributed by atoms with Gasteiger partial charge in [-0.1, -0.05) is 103 Å². The Bertz CT molecular complexity index is 1540. The van der Waals surface area contributed by atoms with Gasteiger partial charge in [0.05, 0.1) is 5.69 Å². The minimum Gasteiger partial charge on any atom is -0.256 e. The highest BCUT2D eigenvalue weighted by Crippen LogP contribution is 2.28. The van der Waals surface area contributed by atoms with E-state index in [4.69, 9.17) is 15.0 Å². The van der Waals surface area contributed by atoms with Crippen molar-refractivity contribution in [1.29, 1.82) is 0 Å². The first-order valence-corrected chi connectivity index (χ1v) is 11.2. The summed E-state index contributed by atoms with van der Waals surface area (Å²) in [6.07, 6.45) is 1.92. The van der Waals surface area contributed by atoms with Crippen LogP contribution in [0, 0.1) is 0 Å². The third kappa shape index (κ3) is 3.93. The van der Waals surface area contributed by atoms with Crippen LogP contribution in [-0.2, 0) is 0 Å². The second-order valence-corrected chi connectivity index (χ2v) is 8.04. The van der Waals surface area contributed by atoms with Crippen molar-refractivity contribution in [3.8, 4) is 45.4 Å². The van der Waals surface area contributed by atoms with E-state index in [0.29, 0.717) is 17.5 Å². The van der Waals surface area contributed by atoms with Crippen LogP contribution >= 0.6 is 0 Å². The molecule has 4 aromatic carbocycles. The molecule has 160 valence electrons. The molecule has 0 saturated carbocycles. The molecule has 4 heteroatoms. The lowest BCUT2D eigenvalue weighted by molar-refractivity contribution is 1.07. The lowest BCUT2D eigenvalue weighted by Gasteiger charge is -2.09. The van der Waals surface area contributed by atoms with E-state index in [1.54, 1.807) is 0 Å². The molecule has 0 aliphatic rings. The maximum Gasteiger partial charge on any atom is 0.164 e. The van der Waals surface area contributed by atoms with Crippen LogP contribution < -0.4 is 0 Å². The van der Waals surface area contributed by atoms with Crippen molar-refractivity contribution in [2.75, 3.05) is 0 Å². The molecule has 2 aromatic heterocycles. The number of pyridine rings is 1. The van der Waals surface area contributed by atoms with E-state index in [-0.39, 0.29) is 0 Å². The van der Waals surface area contributed by atoms with Crippen molar-refractivity contribution in [2.45, 2.75) is 0 Å². The maximum atomic E-state index is 4.84. The van der Waals surface area contributed by atoms with Crippen LogP contribution in [0.25, 0.3) is 56.2 Å². The van der Waals surface area contributed by atoms with Crippen LogP contribution in [0.5, 0.6) is 0 Å². The summed E-state index contributed by atoms with van der Waals surface area (Å²) in [5, 5.41) is 2.29. The van der Waals surface area contributed by atoms with Gasteiger partial charge in [0, 0.05) is 33.8 Å². The minimum absolute atomic E-state index is 0.635. The van der Waals surface area contributed by atoms with Crippen molar-refractivity contribution >= 4 is 10.8 Å². The van der Waals surface area contributed by atoms with Gasteiger partial charge in [0.15, 0.2) is 17.5 Å². The average molecular weight is 437 g/mol. The standard InChI is InChI=1S/C30H20N4/c1-3-10-21(11-4-1)28-32-29(22-12-5-2-6-13-22)34-30(33-28)25-17-9-16-24(18-25)27-19-23-14-7-8-15-26(23)20-31-27/h1-20H. The third-order valence-electron chi connectivity index (χ3n) is 5.75. The SMILES string of the molecule is c1ccc(-c2nc(-c3ccccc3)nc(-c3cccc(-c4cc5ccccc5cn4)c3)n2)cc1. The lowest BCUT2D eigenvalue weighted by atomic mass is 10.0. The topological polar surface area (TPSA) is 51.6 Å². The molecule has 0 atom stereocenters. The molecule has 0 bridgehead atoms. The molecule has 0 unspecified atom stereocenters. The van der Waals surface area contributed by atoms with E-state index in [9.17, 15) is 0 Å². The molecule has 2 heterocycles. The van der Waals surface area contributed by atoms with Crippen LogP contribution in [0.4, 0.5) is 0 Å². The summed E-state index contributed by atoms with van der Waals surface area (Å²) in [7, 11) is 0. The molecule has 0 saturated heterocycles. The summed E-state index contributed by atoms with van der Waals surface area (Å²) in [6, 6.07) is 38.6. The maximum absolute atomic E-state index is 4.84. The van der Waals surface area contributed by atoms with Gasteiger partial charge in [-0.15, -0.1) is 0 Å². The molecule has 6 rings (SSSR count). The zero-order chi connectivity index (χ0) is 22.7. The first-order valence-electron chi connectivity index (χ1n) is 11.2. The van der Waals surface area contributed by atoms with Gasteiger partial charge in [0.2, 0.25) is 0 Å². The average Bonchev–Trinajstić information content (AvgIpc) is 2.93. The van der Waals surface area contributed by atoms with Crippen LogP contribution in [0.1, 0.15) is 0 Å². The fourth-order valence-corrected chi connectivity index (χ4v) is 4.00. The number of benzene rings is 4. The van der Waals surface area contributed by atoms with Crippen LogP contribution in [-0.4, -0.2) is 19.9 Å². The zero-order valence-electron chi connectivity index (χ0n) is 18.3. The third-order valence-corrected chi connectivity index (χ3v) is 5.75. The Hall–Kier alpha value is -4.70. The van der Waals surface area contributed by atoms with E-state index in [0.717, 1.165) is 38.7 Å². The second-order valence-electron chi connectivity index (χ2n) is 8.04. The fourth-order valence-electron chi connectivity index (χ4n) is 4.00. The molecule has 34 heavy (non-hydrogen) atoms. The molecule has 0 N–H and O–H groups in total. The monoisotopic (exact) mass is 436 g/mol. The summed E-state index contributed by atoms with van der Waals surface area (Å²) in [5.41, 5.74) is 4.77. The largest absolute Gasteiger partial charge is 0.256 e. The van der Waals surface area contributed by atoms with E-state index < -0.39 is 0 Å². The fraction of sp³-hybridized carbons (Fsp3) is 0. The quantitative estimate of drug-likeness (QED) is 0.296. The van der Waals surface area contributed by atoms with Gasteiger partial charge in [0.1, 0.15) is 0 Å². The number of rotatable bonds is 4. The number of aromatic nitrogens is 4. The highest BCUT2D eigenvalue weighted by atomic mass is 15.0. The molecule has 0 radical (unpaired) electrons. The Labute approximate surface area is 197 Å². The molecule has 0 aliphatic heterocycles. The normalized spacial score (nSPS) is 10.9. The molecule has 6 aromatic rings. The van der Waals surface area contributed by atoms with E-state index in [1.807, 2.05) is 91.1 Å². The van der Waals surface area contributed by atoms with Crippen LogP contribution in [0.3, 0.4) is 0 Å². The van der Waals surface area contributed by atoms with Gasteiger partial charge in [-0.05, 0) is 17.5 Å². The Kier molecular flexibility index (Phi) is 5.09. The van der Waals surface area contributed by atoms with Gasteiger partial charge in [-0.25, -0.2) is 15.0 Å². The molecule has 0 amide bonds. The number of hydrogen-bond donors (Lipinski definition) is 0. The summed E-state index contributed by atoms with van der Waals surface area (Å²) in [4.78, 5) is 19.2. The molecular weight excluding hydrogens is 416 g/mol. The van der Waals surface area contributed by atoms with Gasteiger partial charge >= 0.3 is 0 Å². The van der Waals surface area contributed by atoms with Gasteiger partial charge in [0.25, 0.3) is 0 Å². The second kappa shape index (κ2) is 8.68. The molecule has 0 aliphatic carbocycles. The van der Waals surface area contributed by atoms with Crippen molar-refractivity contribution in [1.82, 2.24) is 19.9 Å². The van der Waals surface area contributed by atoms with E-state index in [1.165, 1.54) is 0 Å². The van der Waals surface area contributed by atoms with Crippen molar-refractivity contribution in [3.63, 3.8) is 0 Å². The smallest absolute Gasteiger partial charge is 0.164 e. The Morgan fingerprint density at radius 2 is 0.882 bits per heavy atom. The summed E-state index contributed by atoms with van der Waals surface area (Å²) >= 11 is 0. The van der Waals surface area contributed by atoms with E-state index in [2.05, 4.69) is 35.3 Å². The predicted molar refractivity (Wildman–Crippen MR) is 137 cm³/mol. The molecule has 0 fully saturated rings. The minimum atomic E-state index is 0.635. The first kappa shape index (κ1) is 19.9. The van der Waals surface area contributed by atoms with Crippen LogP contribution in [0.15, 0.2) is 121 Å². The lowest BCUT2D eigenvalue weighted by Crippen LogP contribution is -2.00. The van der Waals surface area contributed by atoms with Crippen molar-refractivity contribution < 1.29 is 0 Å². The first-order chi connectivity index (χ1) is 16.8. The summed E-state index contributed by atoms with van der Waals surface area (Å²) in [5.74, 6) is 1.94. The van der Waals surface area contributed by atoms with Crippen molar-refractivity contribution in [3.05, 3.63) is 121 Å². The molecular formula is C30H20N4. The van der Waals surface area contributed by atoms with Gasteiger partial charge < -0.3 is 0 Å². The van der Waals surface area contributed by atoms with Crippen LogP contribution in [0.2, 0.25) is 0 Å². The highest BCUT2D eigenvalue weighted by Gasteiger charge is 2.13.